The Morgan fingerprint density at radius 1 is 1.14 bits per heavy atom. The van der Waals surface area contributed by atoms with Gasteiger partial charge in [-0.3, -0.25) is 14.9 Å². The van der Waals surface area contributed by atoms with Crippen LogP contribution in [0, 0.1) is 0 Å². The second kappa shape index (κ2) is 11.9. The second-order valence-corrected chi connectivity index (χ2v) is 10.2. The van der Waals surface area contributed by atoms with Crippen LogP contribution in [0.4, 0.5) is 10.5 Å². The first-order valence-electron chi connectivity index (χ1n) is 13.3. The quantitative estimate of drug-likeness (QED) is 0.266. The number of carbonyl (C=O) groups excluding carboxylic acids is 3. The minimum Gasteiger partial charge on any atom is -0.453 e. The third-order valence-corrected chi connectivity index (χ3v) is 7.43. The average molecular weight is 598 g/mol. The van der Waals surface area contributed by atoms with Crippen LogP contribution in [0.2, 0.25) is 5.02 Å². The summed E-state index contributed by atoms with van der Waals surface area (Å²) in [6.45, 7) is 0.346. The molecule has 6 rings (SSSR count). The smallest absolute Gasteiger partial charge is 0.411 e. The lowest BCUT2D eigenvalue weighted by molar-refractivity contribution is -0.136. The van der Waals surface area contributed by atoms with Crippen LogP contribution >= 0.6 is 11.6 Å². The molecular formula is C30H24ClN7O5. The summed E-state index contributed by atoms with van der Waals surface area (Å²) in [5.41, 5.74) is 4.09. The summed E-state index contributed by atoms with van der Waals surface area (Å²) in [6.07, 6.45) is 4.34. The summed E-state index contributed by atoms with van der Waals surface area (Å²) in [5, 5.41) is 19.1. The lowest BCUT2D eigenvalue weighted by Crippen LogP contribution is -2.43. The number of methoxy groups -OCH3 is 1. The van der Waals surface area contributed by atoms with Crippen LogP contribution < -0.4 is 5.32 Å². The molecule has 0 saturated heterocycles. The number of ether oxygens (including phenoxy) is 1. The monoisotopic (exact) mass is 597 g/mol. The summed E-state index contributed by atoms with van der Waals surface area (Å²) < 4.78 is 11.7. The topological polar surface area (TPSA) is 145 Å². The number of anilines is 1. The van der Waals surface area contributed by atoms with E-state index in [1.54, 1.807) is 47.4 Å². The molecule has 3 aromatic carbocycles. The van der Waals surface area contributed by atoms with Gasteiger partial charge in [-0.25, -0.2) is 4.79 Å². The molecule has 0 aliphatic carbocycles. The number of nitrogens with one attached hydrogen (secondary N) is 1. The Morgan fingerprint density at radius 2 is 2.00 bits per heavy atom. The van der Waals surface area contributed by atoms with E-state index in [2.05, 4.69) is 30.7 Å². The van der Waals surface area contributed by atoms with Crippen molar-refractivity contribution in [3.05, 3.63) is 100 Å². The van der Waals surface area contributed by atoms with Crippen molar-refractivity contribution in [2.24, 2.45) is 0 Å². The number of hydrogen-bond acceptors (Lipinski definition) is 9. The van der Waals surface area contributed by atoms with E-state index in [0.29, 0.717) is 51.6 Å². The fourth-order valence-electron chi connectivity index (χ4n) is 5.21. The molecule has 5 aromatic rings. The van der Waals surface area contributed by atoms with Crippen LogP contribution in [0.5, 0.6) is 0 Å². The third kappa shape index (κ3) is 5.60. The highest BCUT2D eigenvalue weighted by molar-refractivity contribution is 6.30. The molecule has 13 heteroatoms. The molecule has 43 heavy (non-hydrogen) atoms. The third-order valence-electron chi connectivity index (χ3n) is 7.20. The number of hydrogen-bond donors (Lipinski definition) is 1. The van der Waals surface area contributed by atoms with Crippen LogP contribution in [0.25, 0.3) is 22.7 Å². The first kappa shape index (κ1) is 27.8. The first-order valence-corrected chi connectivity index (χ1v) is 13.6. The van der Waals surface area contributed by atoms with Gasteiger partial charge in [0.25, 0.3) is 0 Å². The van der Waals surface area contributed by atoms with E-state index in [0.717, 1.165) is 11.1 Å². The fourth-order valence-corrected chi connectivity index (χ4v) is 5.39. The zero-order valence-corrected chi connectivity index (χ0v) is 23.6. The number of rotatable bonds is 7. The number of halogens is 1. The van der Waals surface area contributed by atoms with Gasteiger partial charge in [-0.05, 0) is 64.4 Å². The number of para-hydroxylation sites is 1. The van der Waals surface area contributed by atoms with Gasteiger partial charge < -0.3 is 14.2 Å². The minimum absolute atomic E-state index is 0.0983. The number of tetrazole rings is 1. The molecule has 3 heterocycles. The van der Waals surface area contributed by atoms with Gasteiger partial charge in [0.2, 0.25) is 5.91 Å². The SMILES string of the molecule is COC(=O)Nc1cccc2c(CC(=O)C3c4ccccc4CCN3C(=O)/C=C/c3cc(Cl)ccc3-n3cnnn3)noc12. The fraction of sp³-hybridized carbons (Fsp3) is 0.167. The predicted octanol–water partition coefficient (Wildman–Crippen LogP) is 4.59. The van der Waals surface area contributed by atoms with Gasteiger partial charge in [-0.15, -0.1) is 5.10 Å². The molecule has 1 N–H and O–H groups in total. The van der Waals surface area contributed by atoms with Gasteiger partial charge in [-0.1, -0.05) is 47.1 Å². The highest BCUT2D eigenvalue weighted by atomic mass is 35.5. The molecule has 0 fully saturated rings. The largest absolute Gasteiger partial charge is 0.453 e. The molecular weight excluding hydrogens is 574 g/mol. The van der Waals surface area contributed by atoms with Crippen molar-refractivity contribution in [3.8, 4) is 5.69 Å². The van der Waals surface area contributed by atoms with Crippen molar-refractivity contribution in [2.45, 2.75) is 18.9 Å². The van der Waals surface area contributed by atoms with Crippen molar-refractivity contribution >= 4 is 52.1 Å². The van der Waals surface area contributed by atoms with Gasteiger partial charge in [0.05, 0.1) is 30.6 Å². The normalized spacial score (nSPS) is 14.6. The standard InChI is InChI=1S/C30H24ClN7O5/c1-42-30(41)33-23-8-4-7-22-24(34-43-29(22)23)16-26(39)28-21-6-3-2-5-18(21)13-14-37(28)27(40)12-9-19-15-20(31)10-11-25(19)38-17-32-35-36-38/h2-12,15,17,28H,13-14,16H2,1H3,(H,33,41)/b12-9+. The number of nitrogens with zero attached hydrogens (tertiary/aromatic N) is 6. The number of carbonyl (C=O) groups is 3. The molecule has 2 amide bonds. The first-order chi connectivity index (χ1) is 20.9. The van der Waals surface area contributed by atoms with Crippen LogP contribution in [0.3, 0.4) is 0 Å². The van der Waals surface area contributed by atoms with E-state index in [1.165, 1.54) is 24.2 Å². The summed E-state index contributed by atoms with van der Waals surface area (Å²) in [5.74, 6) is -0.572. The Bertz CT molecular complexity index is 1870. The van der Waals surface area contributed by atoms with Crippen LogP contribution in [-0.2, 0) is 27.2 Å². The highest BCUT2D eigenvalue weighted by Crippen LogP contribution is 2.33. The number of Topliss-reactive ketones (excluding diaryl/α,β-unsaturated/α-hetero) is 1. The van der Waals surface area contributed by atoms with Gasteiger partial charge in [0, 0.05) is 28.6 Å². The Hall–Kier alpha value is -5.36. The van der Waals surface area contributed by atoms with E-state index < -0.39 is 12.1 Å². The number of ketones is 1. The van der Waals surface area contributed by atoms with Crippen molar-refractivity contribution in [2.75, 3.05) is 19.0 Å². The summed E-state index contributed by atoms with van der Waals surface area (Å²) >= 11 is 6.24. The maximum atomic E-state index is 14.0. The minimum atomic E-state index is -0.844. The molecule has 1 aliphatic rings. The van der Waals surface area contributed by atoms with E-state index in [4.69, 9.17) is 16.1 Å². The Kier molecular flexibility index (Phi) is 7.67. The Balaban J connectivity index is 1.30. The van der Waals surface area contributed by atoms with Crippen molar-refractivity contribution in [3.63, 3.8) is 0 Å². The highest BCUT2D eigenvalue weighted by Gasteiger charge is 2.35. The van der Waals surface area contributed by atoms with Crippen molar-refractivity contribution < 1.29 is 23.6 Å². The van der Waals surface area contributed by atoms with E-state index >= 15 is 0 Å². The van der Waals surface area contributed by atoms with Crippen molar-refractivity contribution in [1.82, 2.24) is 30.3 Å². The molecule has 1 aliphatic heterocycles. The molecule has 1 unspecified atom stereocenters. The molecule has 0 saturated carbocycles. The Morgan fingerprint density at radius 3 is 2.81 bits per heavy atom. The number of benzene rings is 3. The average Bonchev–Trinajstić information content (AvgIpc) is 3.70. The number of fused-ring (bicyclic) bond motifs is 2. The maximum Gasteiger partial charge on any atom is 0.411 e. The van der Waals surface area contributed by atoms with E-state index in [9.17, 15) is 14.4 Å². The van der Waals surface area contributed by atoms with E-state index in [-0.39, 0.29) is 18.1 Å². The summed E-state index contributed by atoms with van der Waals surface area (Å²) in [6, 6.07) is 17.0. The lowest BCUT2D eigenvalue weighted by atomic mass is 9.88. The van der Waals surface area contributed by atoms with E-state index in [1.807, 2.05) is 24.3 Å². The molecule has 12 nitrogen and oxygen atoms in total. The maximum absolute atomic E-state index is 14.0. The van der Waals surface area contributed by atoms with Gasteiger partial charge >= 0.3 is 6.09 Å². The molecule has 1 atom stereocenters. The van der Waals surface area contributed by atoms with Gasteiger partial charge in [-0.2, -0.15) is 4.68 Å². The Labute approximate surface area is 249 Å². The molecule has 216 valence electrons. The predicted molar refractivity (Wildman–Crippen MR) is 157 cm³/mol. The molecule has 0 radical (unpaired) electrons. The zero-order chi connectivity index (χ0) is 29.9. The summed E-state index contributed by atoms with van der Waals surface area (Å²) in [7, 11) is 1.26. The zero-order valence-electron chi connectivity index (χ0n) is 22.8. The van der Waals surface area contributed by atoms with Gasteiger partial charge in [0.15, 0.2) is 11.4 Å². The van der Waals surface area contributed by atoms with Crippen LogP contribution in [0.1, 0.15) is 28.4 Å². The van der Waals surface area contributed by atoms with Crippen LogP contribution in [-0.4, -0.2) is 61.7 Å². The second-order valence-electron chi connectivity index (χ2n) is 9.75. The molecule has 0 spiro atoms. The number of aromatic nitrogens is 5. The summed E-state index contributed by atoms with van der Waals surface area (Å²) in [4.78, 5) is 41.0. The van der Waals surface area contributed by atoms with Gasteiger partial charge in [0.1, 0.15) is 12.4 Å². The lowest BCUT2D eigenvalue weighted by Gasteiger charge is -2.35. The van der Waals surface area contributed by atoms with Crippen molar-refractivity contribution in [1.29, 1.82) is 0 Å². The van der Waals surface area contributed by atoms with Crippen LogP contribution in [0.15, 0.2) is 77.6 Å². The number of amides is 2. The molecule has 2 aromatic heterocycles. The molecule has 0 bridgehead atoms.